The molecule has 126 valence electrons. The number of hydrogen-bond donors (Lipinski definition) is 2. The smallest absolute Gasteiger partial charge is 0.298 e. The Hall–Kier alpha value is -2.60. The van der Waals surface area contributed by atoms with Gasteiger partial charge < -0.3 is 10.4 Å². The Morgan fingerprint density at radius 3 is 2.25 bits per heavy atom. The molecule has 0 aliphatic rings. The van der Waals surface area contributed by atoms with Crippen LogP contribution >= 0.6 is 0 Å². The van der Waals surface area contributed by atoms with Gasteiger partial charge in [0.05, 0.1) is 6.42 Å². The van der Waals surface area contributed by atoms with E-state index in [9.17, 15) is 18.4 Å². The number of carbonyl (C=O) groups is 2. The van der Waals surface area contributed by atoms with E-state index in [1.54, 1.807) is 24.3 Å². The molecule has 2 rings (SSSR count). The number of benzene rings is 2. The minimum absolute atomic E-state index is 0.0238. The molecule has 0 bridgehead atoms. The molecule has 0 heterocycles. The zero-order valence-electron chi connectivity index (χ0n) is 13.0. The summed E-state index contributed by atoms with van der Waals surface area (Å²) in [5, 5.41) is 11.8. The highest BCUT2D eigenvalue weighted by atomic mass is 19.3. The van der Waals surface area contributed by atoms with Crippen molar-refractivity contribution in [2.24, 2.45) is 0 Å². The van der Waals surface area contributed by atoms with Gasteiger partial charge in [-0.2, -0.15) is 8.78 Å². The van der Waals surface area contributed by atoms with Crippen LogP contribution in [0.4, 0.5) is 14.5 Å². The summed E-state index contributed by atoms with van der Waals surface area (Å²) in [6.07, 6.45) is -1.06. The molecule has 24 heavy (non-hydrogen) atoms. The lowest BCUT2D eigenvalue weighted by Crippen LogP contribution is -2.27. The third-order valence-corrected chi connectivity index (χ3v) is 3.56. The summed E-state index contributed by atoms with van der Waals surface area (Å²) in [5.74, 6) is -3.63. The van der Waals surface area contributed by atoms with Crippen molar-refractivity contribution in [3.05, 3.63) is 65.2 Å². The lowest BCUT2D eigenvalue weighted by atomic mass is 10.0. The normalized spacial score (nSPS) is 12.5. The van der Waals surface area contributed by atoms with Crippen LogP contribution in [0.3, 0.4) is 0 Å². The first kappa shape index (κ1) is 17.7. The fraction of sp³-hybridized carbons (Fsp3) is 0.222. The van der Waals surface area contributed by atoms with Gasteiger partial charge in [0, 0.05) is 16.8 Å². The first-order valence-electron chi connectivity index (χ1n) is 7.33. The van der Waals surface area contributed by atoms with Crippen molar-refractivity contribution in [2.75, 3.05) is 5.32 Å². The Labute approximate surface area is 138 Å². The van der Waals surface area contributed by atoms with Crippen molar-refractivity contribution in [1.29, 1.82) is 0 Å². The number of carbonyl (C=O) groups excluding carboxylic acids is 2. The van der Waals surface area contributed by atoms with Gasteiger partial charge in [-0.15, -0.1) is 0 Å². The van der Waals surface area contributed by atoms with Crippen LogP contribution in [0.25, 0.3) is 0 Å². The number of alkyl halides is 2. The van der Waals surface area contributed by atoms with E-state index in [-0.39, 0.29) is 17.9 Å². The van der Waals surface area contributed by atoms with Crippen LogP contribution in [0.15, 0.2) is 48.5 Å². The summed E-state index contributed by atoms with van der Waals surface area (Å²) in [6.45, 7) is 1.03. The molecule has 0 aliphatic carbocycles. The van der Waals surface area contributed by atoms with Gasteiger partial charge in [-0.1, -0.05) is 24.3 Å². The van der Waals surface area contributed by atoms with E-state index >= 15 is 0 Å². The largest absolute Gasteiger partial charge is 0.387 e. The predicted octanol–water partition coefficient (Wildman–Crippen LogP) is 3.15. The molecule has 0 spiro atoms. The maximum atomic E-state index is 13.7. The number of anilines is 1. The lowest BCUT2D eigenvalue weighted by molar-refractivity contribution is -0.115. The van der Waals surface area contributed by atoms with E-state index in [1.165, 1.54) is 24.3 Å². The van der Waals surface area contributed by atoms with Crippen LogP contribution in [0.5, 0.6) is 0 Å². The van der Waals surface area contributed by atoms with E-state index in [0.717, 1.165) is 6.92 Å². The van der Waals surface area contributed by atoms with Crippen LogP contribution in [0, 0.1) is 0 Å². The van der Waals surface area contributed by atoms with Gasteiger partial charge in [-0.3, -0.25) is 9.59 Å². The second-order valence-corrected chi connectivity index (χ2v) is 5.46. The fourth-order valence-corrected chi connectivity index (χ4v) is 2.12. The summed E-state index contributed by atoms with van der Waals surface area (Å²) >= 11 is 0. The molecular weight excluding hydrogens is 316 g/mol. The number of aliphatic hydroxyl groups is 1. The van der Waals surface area contributed by atoms with Crippen LogP contribution in [0.2, 0.25) is 0 Å². The number of amides is 1. The summed E-state index contributed by atoms with van der Waals surface area (Å²) in [7, 11) is 0. The Bertz CT molecular complexity index is 710. The summed E-state index contributed by atoms with van der Waals surface area (Å²) < 4.78 is 27.3. The highest BCUT2D eigenvalue weighted by Gasteiger charge is 2.37. The van der Waals surface area contributed by atoms with E-state index in [1.807, 2.05) is 0 Å². The molecule has 2 N–H and O–H groups in total. The van der Waals surface area contributed by atoms with Crippen LogP contribution < -0.4 is 5.32 Å². The number of aldehydes is 1. The molecule has 0 aromatic heterocycles. The Balaban J connectivity index is 2.00. The average molecular weight is 333 g/mol. The topological polar surface area (TPSA) is 66.4 Å². The monoisotopic (exact) mass is 333 g/mol. The second kappa shape index (κ2) is 7.31. The molecule has 0 unspecified atom stereocenters. The van der Waals surface area contributed by atoms with Crippen molar-refractivity contribution < 1.29 is 23.5 Å². The molecular formula is C18H17F2NO3. The summed E-state index contributed by atoms with van der Waals surface area (Å²) in [5.41, 5.74) is 1.32. The van der Waals surface area contributed by atoms with E-state index < -0.39 is 12.0 Å². The maximum Gasteiger partial charge on any atom is 0.298 e. The van der Waals surface area contributed by atoms with Crippen molar-refractivity contribution >= 4 is 17.9 Å². The van der Waals surface area contributed by atoms with Crippen molar-refractivity contribution in [1.82, 2.24) is 0 Å². The molecule has 2 aromatic carbocycles. The SMILES string of the molecule is C[C@@H](O)C(F)(F)c1ccc(CC(=O)Nc2ccc(C=O)cc2)cc1. The summed E-state index contributed by atoms with van der Waals surface area (Å²) in [6, 6.07) is 11.6. The molecule has 0 radical (unpaired) electrons. The van der Waals surface area contributed by atoms with Gasteiger partial charge in [0.15, 0.2) is 0 Å². The molecule has 6 heteroatoms. The maximum absolute atomic E-state index is 13.7. The van der Waals surface area contributed by atoms with Crippen LogP contribution in [-0.2, 0) is 17.1 Å². The minimum Gasteiger partial charge on any atom is -0.387 e. The Morgan fingerprint density at radius 1 is 1.17 bits per heavy atom. The molecule has 1 amide bonds. The quantitative estimate of drug-likeness (QED) is 0.798. The second-order valence-electron chi connectivity index (χ2n) is 5.46. The van der Waals surface area contributed by atoms with Crippen molar-refractivity contribution in [3.63, 3.8) is 0 Å². The van der Waals surface area contributed by atoms with Gasteiger partial charge in [0.25, 0.3) is 5.92 Å². The zero-order chi connectivity index (χ0) is 17.7. The first-order chi connectivity index (χ1) is 11.3. The van der Waals surface area contributed by atoms with Gasteiger partial charge in [0.1, 0.15) is 12.4 Å². The highest BCUT2D eigenvalue weighted by Crippen LogP contribution is 2.31. The standard InChI is InChI=1S/C18H17F2NO3/c1-12(23)18(19,20)15-6-2-13(3-7-15)10-17(24)21-16-8-4-14(11-22)5-9-16/h2-9,11-12,23H,10H2,1H3,(H,21,24)/t12-/m1/s1. The predicted molar refractivity (Wildman–Crippen MR) is 86.2 cm³/mol. The lowest BCUT2D eigenvalue weighted by Gasteiger charge is -2.19. The van der Waals surface area contributed by atoms with Crippen LogP contribution in [0.1, 0.15) is 28.4 Å². The Morgan fingerprint density at radius 2 is 1.75 bits per heavy atom. The molecule has 2 aromatic rings. The molecule has 1 atom stereocenters. The highest BCUT2D eigenvalue weighted by molar-refractivity contribution is 5.92. The number of aliphatic hydroxyl groups excluding tert-OH is 1. The number of nitrogens with one attached hydrogen (secondary N) is 1. The van der Waals surface area contributed by atoms with Gasteiger partial charge >= 0.3 is 0 Å². The fourth-order valence-electron chi connectivity index (χ4n) is 2.12. The average Bonchev–Trinajstić information content (AvgIpc) is 2.56. The van der Waals surface area contributed by atoms with E-state index in [2.05, 4.69) is 5.32 Å². The molecule has 0 saturated carbocycles. The van der Waals surface area contributed by atoms with Crippen molar-refractivity contribution in [3.8, 4) is 0 Å². The first-order valence-corrected chi connectivity index (χ1v) is 7.33. The number of rotatable bonds is 6. The van der Waals surface area contributed by atoms with Crippen molar-refractivity contribution in [2.45, 2.75) is 25.4 Å². The third-order valence-electron chi connectivity index (χ3n) is 3.56. The minimum atomic E-state index is -3.33. The molecule has 0 aliphatic heterocycles. The van der Waals surface area contributed by atoms with Crippen LogP contribution in [-0.4, -0.2) is 23.4 Å². The van der Waals surface area contributed by atoms with E-state index in [4.69, 9.17) is 5.11 Å². The van der Waals surface area contributed by atoms with E-state index in [0.29, 0.717) is 23.1 Å². The molecule has 0 saturated heterocycles. The molecule has 0 fully saturated rings. The zero-order valence-corrected chi connectivity index (χ0v) is 13.0. The third kappa shape index (κ3) is 4.23. The molecule has 4 nitrogen and oxygen atoms in total. The Kier molecular flexibility index (Phi) is 5.41. The van der Waals surface area contributed by atoms with Gasteiger partial charge in [-0.05, 0) is 36.8 Å². The number of halogens is 2. The van der Waals surface area contributed by atoms with Gasteiger partial charge in [-0.25, -0.2) is 0 Å². The number of hydrogen-bond acceptors (Lipinski definition) is 3. The van der Waals surface area contributed by atoms with Gasteiger partial charge in [0.2, 0.25) is 5.91 Å². The summed E-state index contributed by atoms with van der Waals surface area (Å²) in [4.78, 5) is 22.5.